The smallest absolute Gasteiger partial charge is 0.0730 e. The van der Waals surface area contributed by atoms with Gasteiger partial charge < -0.3 is 10.1 Å². The number of nitrogens with one attached hydrogen (secondary N) is 1. The fourth-order valence-corrected chi connectivity index (χ4v) is 4.21. The monoisotopic (exact) mass is 266 g/mol. The average molecular weight is 266 g/mol. The van der Waals surface area contributed by atoms with Crippen LogP contribution in [0.1, 0.15) is 51.4 Å². The van der Waals surface area contributed by atoms with Crippen molar-refractivity contribution in [1.29, 1.82) is 0 Å². The van der Waals surface area contributed by atoms with E-state index in [1.54, 1.807) is 0 Å². The molecule has 3 heteroatoms. The summed E-state index contributed by atoms with van der Waals surface area (Å²) in [5.74, 6) is 0.990. The van der Waals surface area contributed by atoms with Gasteiger partial charge in [-0.05, 0) is 64.1 Å². The minimum atomic E-state index is 0.557. The van der Waals surface area contributed by atoms with Crippen molar-refractivity contribution < 1.29 is 4.74 Å². The lowest BCUT2D eigenvalue weighted by molar-refractivity contribution is -0.0884. The van der Waals surface area contributed by atoms with Gasteiger partial charge in [-0.1, -0.05) is 12.8 Å². The summed E-state index contributed by atoms with van der Waals surface area (Å²) in [6, 6.07) is 0.746. The number of ether oxygens (including phenoxy) is 1. The van der Waals surface area contributed by atoms with Crippen LogP contribution in [0.4, 0.5) is 0 Å². The summed E-state index contributed by atoms with van der Waals surface area (Å²) in [5.41, 5.74) is 0. The topological polar surface area (TPSA) is 24.5 Å². The first-order chi connectivity index (χ1) is 9.43. The standard InChI is InChI=1S/C16H30N2O/c1-2-6-16-15(5-1)18(12-13-19-16)11-3-4-14-7-9-17-10-8-14/h14-17H,1-13H2. The molecule has 2 unspecified atom stereocenters. The Morgan fingerprint density at radius 1 is 1.05 bits per heavy atom. The molecule has 1 aliphatic carbocycles. The fraction of sp³-hybridized carbons (Fsp3) is 1.00. The molecule has 3 nitrogen and oxygen atoms in total. The average Bonchev–Trinajstić information content (AvgIpc) is 2.49. The molecule has 0 aromatic rings. The number of hydrogen-bond donors (Lipinski definition) is 1. The molecule has 0 bridgehead atoms. The second-order valence-electron chi connectivity index (χ2n) is 6.63. The minimum absolute atomic E-state index is 0.557. The summed E-state index contributed by atoms with van der Waals surface area (Å²) in [6.45, 7) is 5.94. The molecule has 19 heavy (non-hydrogen) atoms. The molecule has 0 aromatic heterocycles. The Kier molecular flexibility index (Phi) is 5.14. The summed E-state index contributed by atoms with van der Waals surface area (Å²) in [4.78, 5) is 2.74. The normalized spacial score (nSPS) is 34.1. The van der Waals surface area contributed by atoms with Crippen LogP contribution in [-0.2, 0) is 4.74 Å². The second-order valence-corrected chi connectivity index (χ2v) is 6.63. The molecule has 3 fully saturated rings. The number of rotatable bonds is 4. The number of nitrogens with zero attached hydrogens (tertiary/aromatic N) is 1. The van der Waals surface area contributed by atoms with Crippen LogP contribution in [0.25, 0.3) is 0 Å². The maximum Gasteiger partial charge on any atom is 0.0730 e. The Balaban J connectivity index is 1.40. The van der Waals surface area contributed by atoms with E-state index in [9.17, 15) is 0 Å². The highest BCUT2D eigenvalue weighted by Crippen LogP contribution is 2.29. The quantitative estimate of drug-likeness (QED) is 0.846. The van der Waals surface area contributed by atoms with Crippen LogP contribution in [0.3, 0.4) is 0 Å². The molecule has 2 heterocycles. The predicted molar refractivity (Wildman–Crippen MR) is 78.4 cm³/mol. The summed E-state index contributed by atoms with van der Waals surface area (Å²) < 4.78 is 5.96. The zero-order valence-corrected chi connectivity index (χ0v) is 12.3. The Bertz CT molecular complexity index is 263. The SMILES string of the molecule is C1CCC2C(C1)OCCN2CCCC1CCNCC1. The maximum absolute atomic E-state index is 5.96. The van der Waals surface area contributed by atoms with Gasteiger partial charge in [0, 0.05) is 12.6 Å². The second kappa shape index (κ2) is 7.05. The highest BCUT2D eigenvalue weighted by Gasteiger charge is 2.33. The highest BCUT2D eigenvalue weighted by molar-refractivity contribution is 4.87. The third-order valence-electron chi connectivity index (χ3n) is 5.36. The van der Waals surface area contributed by atoms with Crippen LogP contribution >= 0.6 is 0 Å². The van der Waals surface area contributed by atoms with Crippen molar-refractivity contribution in [3.8, 4) is 0 Å². The van der Waals surface area contributed by atoms with Crippen LogP contribution in [0.2, 0.25) is 0 Å². The molecular weight excluding hydrogens is 236 g/mol. The molecule has 0 aromatic carbocycles. The van der Waals surface area contributed by atoms with E-state index in [2.05, 4.69) is 10.2 Å². The fourth-order valence-electron chi connectivity index (χ4n) is 4.21. The largest absolute Gasteiger partial charge is 0.375 e. The van der Waals surface area contributed by atoms with Crippen molar-refractivity contribution in [2.75, 3.05) is 32.8 Å². The summed E-state index contributed by atoms with van der Waals surface area (Å²) in [6.07, 6.45) is 11.7. The van der Waals surface area contributed by atoms with Gasteiger partial charge in [0.2, 0.25) is 0 Å². The van der Waals surface area contributed by atoms with Gasteiger partial charge in [0.05, 0.1) is 12.7 Å². The first kappa shape index (κ1) is 13.8. The predicted octanol–water partition coefficient (Wildman–Crippen LogP) is 2.41. The lowest BCUT2D eigenvalue weighted by Crippen LogP contribution is -2.52. The first-order valence-electron chi connectivity index (χ1n) is 8.50. The third kappa shape index (κ3) is 3.71. The zero-order valence-electron chi connectivity index (χ0n) is 12.3. The van der Waals surface area contributed by atoms with Gasteiger partial charge in [-0.3, -0.25) is 4.90 Å². The maximum atomic E-state index is 5.96. The minimum Gasteiger partial charge on any atom is -0.375 e. The van der Waals surface area contributed by atoms with Gasteiger partial charge in [0.25, 0.3) is 0 Å². The van der Waals surface area contributed by atoms with Crippen LogP contribution in [-0.4, -0.2) is 49.8 Å². The summed E-state index contributed by atoms with van der Waals surface area (Å²) in [7, 11) is 0. The van der Waals surface area contributed by atoms with Gasteiger partial charge in [-0.2, -0.15) is 0 Å². The van der Waals surface area contributed by atoms with Crippen molar-refractivity contribution in [2.24, 2.45) is 5.92 Å². The van der Waals surface area contributed by atoms with Crippen molar-refractivity contribution in [3.63, 3.8) is 0 Å². The molecule has 110 valence electrons. The Morgan fingerprint density at radius 2 is 1.89 bits per heavy atom. The Labute approximate surface area is 118 Å². The molecule has 1 N–H and O–H groups in total. The van der Waals surface area contributed by atoms with E-state index < -0.39 is 0 Å². The van der Waals surface area contributed by atoms with E-state index in [1.807, 2.05) is 0 Å². The number of morpholine rings is 1. The molecular formula is C16H30N2O. The zero-order chi connectivity index (χ0) is 12.9. The third-order valence-corrected chi connectivity index (χ3v) is 5.36. The molecule has 1 saturated carbocycles. The molecule has 0 amide bonds. The number of fused-ring (bicyclic) bond motifs is 1. The lowest BCUT2D eigenvalue weighted by Gasteiger charge is -2.44. The van der Waals surface area contributed by atoms with Crippen LogP contribution in [0.15, 0.2) is 0 Å². The van der Waals surface area contributed by atoms with Gasteiger partial charge in [0.1, 0.15) is 0 Å². The molecule has 3 rings (SSSR count). The van der Waals surface area contributed by atoms with Crippen molar-refractivity contribution >= 4 is 0 Å². The molecule has 2 atom stereocenters. The number of piperidine rings is 1. The van der Waals surface area contributed by atoms with Crippen LogP contribution in [0, 0.1) is 5.92 Å². The van der Waals surface area contributed by atoms with E-state index in [0.717, 1.165) is 18.6 Å². The molecule has 0 radical (unpaired) electrons. The van der Waals surface area contributed by atoms with Gasteiger partial charge in [-0.15, -0.1) is 0 Å². The van der Waals surface area contributed by atoms with Gasteiger partial charge >= 0.3 is 0 Å². The van der Waals surface area contributed by atoms with Crippen molar-refractivity contribution in [1.82, 2.24) is 10.2 Å². The summed E-state index contributed by atoms with van der Waals surface area (Å²) in [5, 5.41) is 3.46. The van der Waals surface area contributed by atoms with E-state index in [4.69, 9.17) is 4.74 Å². The van der Waals surface area contributed by atoms with Gasteiger partial charge in [-0.25, -0.2) is 0 Å². The van der Waals surface area contributed by atoms with E-state index in [1.165, 1.54) is 77.5 Å². The van der Waals surface area contributed by atoms with E-state index >= 15 is 0 Å². The molecule has 2 saturated heterocycles. The van der Waals surface area contributed by atoms with Crippen LogP contribution < -0.4 is 5.32 Å². The van der Waals surface area contributed by atoms with E-state index in [-0.39, 0.29) is 0 Å². The van der Waals surface area contributed by atoms with Crippen LogP contribution in [0.5, 0.6) is 0 Å². The van der Waals surface area contributed by atoms with Crippen molar-refractivity contribution in [3.05, 3.63) is 0 Å². The first-order valence-corrected chi connectivity index (χ1v) is 8.50. The molecule has 0 spiro atoms. The summed E-state index contributed by atoms with van der Waals surface area (Å²) >= 11 is 0. The van der Waals surface area contributed by atoms with Crippen molar-refractivity contribution in [2.45, 2.75) is 63.5 Å². The highest BCUT2D eigenvalue weighted by atomic mass is 16.5. The molecule has 2 aliphatic heterocycles. The Morgan fingerprint density at radius 3 is 2.79 bits per heavy atom. The molecule has 3 aliphatic rings. The van der Waals surface area contributed by atoms with Gasteiger partial charge in [0.15, 0.2) is 0 Å². The number of hydrogen-bond acceptors (Lipinski definition) is 3. The lowest BCUT2D eigenvalue weighted by atomic mass is 9.89. The van der Waals surface area contributed by atoms with E-state index in [0.29, 0.717) is 6.10 Å². The Hall–Kier alpha value is -0.120.